The number of halogens is 1. The maximum absolute atomic E-state index is 14.1. The largest absolute Gasteiger partial charge is 0.494 e. The fourth-order valence-electron chi connectivity index (χ4n) is 2.76. The van der Waals surface area contributed by atoms with Crippen LogP contribution in [0.1, 0.15) is 31.2 Å². The van der Waals surface area contributed by atoms with Crippen LogP contribution >= 0.6 is 0 Å². The highest BCUT2D eigenvalue weighted by Crippen LogP contribution is 2.25. The zero-order chi connectivity index (χ0) is 14.5. The summed E-state index contributed by atoms with van der Waals surface area (Å²) in [6, 6.07) is 5.06. The third kappa shape index (κ3) is 3.48. The summed E-state index contributed by atoms with van der Waals surface area (Å²) in [6.07, 6.45) is 3.04. The number of likely N-dealkylation sites (tertiary alicyclic amines) is 1. The highest BCUT2D eigenvalue weighted by molar-refractivity contribution is 5.67. The monoisotopic (exact) mass is 281 g/mol. The zero-order valence-electron chi connectivity index (χ0n) is 11.6. The highest BCUT2D eigenvalue weighted by atomic mass is 19.1. The first-order valence-corrected chi connectivity index (χ1v) is 6.89. The van der Waals surface area contributed by atoms with E-state index >= 15 is 0 Å². The molecule has 0 saturated carbocycles. The average Bonchev–Trinajstić information content (AvgIpc) is 2.42. The molecule has 1 atom stereocenters. The van der Waals surface area contributed by atoms with Gasteiger partial charge in [-0.2, -0.15) is 0 Å². The van der Waals surface area contributed by atoms with Gasteiger partial charge in [-0.05, 0) is 25.5 Å². The number of nitrogens with zero attached hydrogens (tertiary/aromatic N) is 1. The molecule has 110 valence electrons. The molecule has 0 amide bonds. The molecular formula is C15H20FNO3. The Morgan fingerprint density at radius 2 is 2.30 bits per heavy atom. The van der Waals surface area contributed by atoms with Gasteiger partial charge in [0, 0.05) is 18.2 Å². The number of hydrogen-bond acceptors (Lipinski definition) is 3. The number of methoxy groups -OCH3 is 1. The maximum atomic E-state index is 14.1. The Bertz CT molecular complexity index is 478. The lowest BCUT2D eigenvalue weighted by molar-refractivity contribution is -0.138. The van der Waals surface area contributed by atoms with Crippen LogP contribution in [0.4, 0.5) is 4.39 Å². The third-order valence-electron chi connectivity index (χ3n) is 3.80. The van der Waals surface area contributed by atoms with Crippen LogP contribution in [-0.2, 0) is 11.3 Å². The summed E-state index contributed by atoms with van der Waals surface area (Å²) >= 11 is 0. The fourth-order valence-corrected chi connectivity index (χ4v) is 2.76. The smallest absolute Gasteiger partial charge is 0.304 e. The van der Waals surface area contributed by atoms with Crippen molar-refractivity contribution >= 4 is 5.97 Å². The predicted molar refractivity (Wildman–Crippen MR) is 73.3 cm³/mol. The molecule has 4 nitrogen and oxygen atoms in total. The molecule has 1 aliphatic rings. The van der Waals surface area contributed by atoms with Crippen molar-refractivity contribution in [3.05, 3.63) is 29.6 Å². The number of carbonyl (C=O) groups is 1. The lowest BCUT2D eigenvalue weighted by Gasteiger charge is -2.35. The van der Waals surface area contributed by atoms with Gasteiger partial charge in [-0.15, -0.1) is 0 Å². The van der Waals surface area contributed by atoms with Crippen LogP contribution in [0.25, 0.3) is 0 Å². The van der Waals surface area contributed by atoms with Gasteiger partial charge in [0.15, 0.2) is 11.6 Å². The molecule has 0 aromatic heterocycles. The van der Waals surface area contributed by atoms with Crippen molar-refractivity contribution in [1.29, 1.82) is 0 Å². The molecule has 1 unspecified atom stereocenters. The van der Waals surface area contributed by atoms with Gasteiger partial charge in [-0.1, -0.05) is 18.6 Å². The first-order valence-electron chi connectivity index (χ1n) is 6.89. The van der Waals surface area contributed by atoms with E-state index in [1.165, 1.54) is 7.11 Å². The van der Waals surface area contributed by atoms with E-state index in [2.05, 4.69) is 4.90 Å². The van der Waals surface area contributed by atoms with Crippen molar-refractivity contribution in [2.45, 2.75) is 38.3 Å². The van der Waals surface area contributed by atoms with Crippen molar-refractivity contribution in [2.24, 2.45) is 0 Å². The molecule has 2 rings (SSSR count). The first kappa shape index (κ1) is 14.8. The van der Waals surface area contributed by atoms with E-state index in [1.807, 2.05) is 0 Å². The Morgan fingerprint density at radius 1 is 1.50 bits per heavy atom. The molecule has 1 aromatic carbocycles. The molecule has 1 aromatic rings. The van der Waals surface area contributed by atoms with E-state index in [-0.39, 0.29) is 24.0 Å². The molecule has 1 aliphatic heterocycles. The average molecular weight is 281 g/mol. The molecule has 0 spiro atoms. The zero-order valence-corrected chi connectivity index (χ0v) is 11.6. The van der Waals surface area contributed by atoms with Crippen LogP contribution in [0.15, 0.2) is 18.2 Å². The second kappa shape index (κ2) is 6.70. The summed E-state index contributed by atoms with van der Waals surface area (Å²) in [6.45, 7) is 1.25. The molecule has 1 saturated heterocycles. The standard InChI is InChI=1S/C15H20FNO3/c1-20-13-7-4-5-11(15(13)16)10-17-8-3-2-6-12(17)9-14(18)19/h4-5,7,12H,2-3,6,8-10H2,1H3,(H,18,19). The molecule has 1 N–H and O–H groups in total. The second-order valence-corrected chi connectivity index (χ2v) is 5.15. The molecular weight excluding hydrogens is 261 g/mol. The third-order valence-corrected chi connectivity index (χ3v) is 3.80. The van der Waals surface area contributed by atoms with Crippen LogP contribution < -0.4 is 4.74 Å². The normalized spacial score (nSPS) is 19.8. The minimum Gasteiger partial charge on any atom is -0.494 e. The number of carboxylic acids is 1. The van der Waals surface area contributed by atoms with Gasteiger partial charge < -0.3 is 9.84 Å². The Morgan fingerprint density at radius 3 is 3.00 bits per heavy atom. The van der Waals surface area contributed by atoms with Gasteiger partial charge in [-0.3, -0.25) is 9.69 Å². The van der Waals surface area contributed by atoms with Crippen molar-refractivity contribution in [3.63, 3.8) is 0 Å². The highest BCUT2D eigenvalue weighted by Gasteiger charge is 2.25. The van der Waals surface area contributed by atoms with Crippen LogP contribution in [0.3, 0.4) is 0 Å². The lowest BCUT2D eigenvalue weighted by Crippen LogP contribution is -2.40. The van der Waals surface area contributed by atoms with Crippen molar-refractivity contribution < 1.29 is 19.0 Å². The number of aliphatic carboxylic acids is 1. The SMILES string of the molecule is COc1cccc(CN2CCCCC2CC(=O)O)c1F. The molecule has 1 heterocycles. The van der Waals surface area contributed by atoms with Crippen LogP contribution in [-0.4, -0.2) is 35.7 Å². The number of carboxylic acid groups (broad SMARTS) is 1. The van der Waals surface area contributed by atoms with E-state index < -0.39 is 5.97 Å². The molecule has 5 heteroatoms. The van der Waals surface area contributed by atoms with Gasteiger partial charge in [-0.25, -0.2) is 4.39 Å². The van der Waals surface area contributed by atoms with Crippen LogP contribution in [0.2, 0.25) is 0 Å². The van der Waals surface area contributed by atoms with E-state index in [9.17, 15) is 9.18 Å². The lowest BCUT2D eigenvalue weighted by atomic mass is 9.98. The van der Waals surface area contributed by atoms with Crippen molar-refractivity contribution in [1.82, 2.24) is 4.90 Å². The summed E-state index contributed by atoms with van der Waals surface area (Å²) in [7, 11) is 1.44. The fraction of sp³-hybridized carbons (Fsp3) is 0.533. The van der Waals surface area contributed by atoms with Crippen molar-refractivity contribution in [2.75, 3.05) is 13.7 Å². The van der Waals surface area contributed by atoms with E-state index in [0.29, 0.717) is 12.1 Å². The summed E-state index contributed by atoms with van der Waals surface area (Å²) in [5.41, 5.74) is 0.557. The van der Waals surface area contributed by atoms with E-state index in [0.717, 1.165) is 25.8 Å². The molecule has 0 radical (unpaired) electrons. The van der Waals surface area contributed by atoms with Gasteiger partial charge in [0.1, 0.15) is 0 Å². The molecule has 0 bridgehead atoms. The first-order chi connectivity index (χ1) is 9.61. The Kier molecular flexibility index (Phi) is 4.95. The van der Waals surface area contributed by atoms with Crippen molar-refractivity contribution in [3.8, 4) is 5.75 Å². The van der Waals surface area contributed by atoms with Crippen LogP contribution in [0.5, 0.6) is 5.75 Å². The van der Waals surface area contributed by atoms with Crippen LogP contribution in [0, 0.1) is 5.82 Å². The number of piperidine rings is 1. The van der Waals surface area contributed by atoms with Gasteiger partial charge >= 0.3 is 5.97 Å². The minimum atomic E-state index is -0.798. The van der Waals surface area contributed by atoms with Gasteiger partial charge in [0.2, 0.25) is 0 Å². The maximum Gasteiger partial charge on any atom is 0.304 e. The summed E-state index contributed by atoms with van der Waals surface area (Å²) < 4.78 is 19.1. The molecule has 0 aliphatic carbocycles. The van der Waals surface area contributed by atoms with Gasteiger partial charge in [0.05, 0.1) is 13.5 Å². The predicted octanol–water partition coefficient (Wildman–Crippen LogP) is 2.66. The van der Waals surface area contributed by atoms with Gasteiger partial charge in [0.25, 0.3) is 0 Å². The number of rotatable bonds is 5. The second-order valence-electron chi connectivity index (χ2n) is 5.15. The Labute approximate surface area is 118 Å². The number of ether oxygens (including phenoxy) is 1. The van der Waals surface area contributed by atoms with E-state index in [4.69, 9.17) is 9.84 Å². The summed E-state index contributed by atoms with van der Waals surface area (Å²) in [4.78, 5) is 13.0. The molecule has 20 heavy (non-hydrogen) atoms. The Hall–Kier alpha value is -1.62. The summed E-state index contributed by atoms with van der Waals surface area (Å²) in [5.74, 6) is -0.919. The minimum absolute atomic E-state index is 0.00755. The topological polar surface area (TPSA) is 49.8 Å². The molecule has 1 fully saturated rings. The number of hydrogen-bond donors (Lipinski definition) is 1. The van der Waals surface area contributed by atoms with E-state index in [1.54, 1.807) is 18.2 Å². The number of benzene rings is 1. The summed E-state index contributed by atoms with van der Waals surface area (Å²) in [5, 5.41) is 8.97. The Balaban J connectivity index is 2.12. The quantitative estimate of drug-likeness (QED) is 0.901.